The molecule has 1 aliphatic heterocycles. The number of nitrogen functional groups attached to an aromatic ring is 2. The van der Waals surface area contributed by atoms with Crippen LogP contribution in [0.4, 0.5) is 11.4 Å². The fraction of sp³-hybridized carbons (Fsp3) is 0.250. The third-order valence-corrected chi connectivity index (χ3v) is 1.86. The summed E-state index contributed by atoms with van der Waals surface area (Å²) >= 11 is 0. The maximum Gasteiger partial charge on any atom is 0.189 e. The van der Waals surface area contributed by atoms with Crippen molar-refractivity contribution in [2.24, 2.45) is 0 Å². The van der Waals surface area contributed by atoms with E-state index in [4.69, 9.17) is 20.9 Å². The van der Waals surface area contributed by atoms with Gasteiger partial charge < -0.3 is 20.9 Å². The van der Waals surface area contributed by atoms with Crippen molar-refractivity contribution >= 4 is 11.4 Å². The van der Waals surface area contributed by atoms with Crippen LogP contribution in [0.3, 0.4) is 0 Å². The Morgan fingerprint density at radius 2 is 1.92 bits per heavy atom. The van der Waals surface area contributed by atoms with Crippen molar-refractivity contribution in [3.8, 4) is 5.75 Å². The second-order valence-corrected chi connectivity index (χ2v) is 2.66. The van der Waals surface area contributed by atoms with Crippen molar-refractivity contribution in [1.29, 1.82) is 0 Å². The molecule has 0 aliphatic carbocycles. The van der Waals surface area contributed by atoms with E-state index in [0.717, 1.165) is 5.56 Å². The zero-order valence-corrected chi connectivity index (χ0v) is 6.54. The van der Waals surface area contributed by atoms with Crippen molar-refractivity contribution in [2.45, 2.75) is 6.61 Å². The van der Waals surface area contributed by atoms with Gasteiger partial charge in [0.15, 0.2) is 12.5 Å². The molecule has 1 aliphatic rings. The van der Waals surface area contributed by atoms with Gasteiger partial charge in [0.1, 0.15) is 0 Å². The molecule has 1 aromatic carbocycles. The molecule has 0 saturated heterocycles. The normalized spacial score (nSPS) is 15.0. The SMILES string of the molecule is Nc1ccc(N)c2c1COCO2. The third kappa shape index (κ3) is 0.967. The van der Waals surface area contributed by atoms with E-state index in [9.17, 15) is 0 Å². The van der Waals surface area contributed by atoms with Crippen LogP contribution in [-0.4, -0.2) is 6.79 Å². The Morgan fingerprint density at radius 1 is 1.17 bits per heavy atom. The molecule has 0 fully saturated rings. The van der Waals surface area contributed by atoms with Crippen molar-refractivity contribution in [3.05, 3.63) is 17.7 Å². The highest BCUT2D eigenvalue weighted by Crippen LogP contribution is 2.33. The lowest BCUT2D eigenvalue weighted by atomic mass is 10.1. The lowest BCUT2D eigenvalue weighted by Crippen LogP contribution is -2.14. The van der Waals surface area contributed by atoms with Gasteiger partial charge in [0.25, 0.3) is 0 Å². The molecule has 0 saturated carbocycles. The van der Waals surface area contributed by atoms with Crippen molar-refractivity contribution in [2.75, 3.05) is 18.3 Å². The van der Waals surface area contributed by atoms with Crippen molar-refractivity contribution < 1.29 is 9.47 Å². The quantitative estimate of drug-likeness (QED) is 0.557. The largest absolute Gasteiger partial charge is 0.465 e. The fourth-order valence-corrected chi connectivity index (χ4v) is 1.22. The second-order valence-electron chi connectivity index (χ2n) is 2.66. The van der Waals surface area contributed by atoms with E-state index in [1.807, 2.05) is 0 Å². The monoisotopic (exact) mass is 166 g/mol. The molecule has 0 unspecified atom stereocenters. The summed E-state index contributed by atoms with van der Waals surface area (Å²) in [7, 11) is 0. The van der Waals surface area contributed by atoms with Crippen LogP contribution in [0.15, 0.2) is 12.1 Å². The van der Waals surface area contributed by atoms with E-state index in [1.54, 1.807) is 12.1 Å². The maximum absolute atomic E-state index is 5.69. The number of hydrogen-bond donors (Lipinski definition) is 2. The van der Waals surface area contributed by atoms with Crippen molar-refractivity contribution in [3.63, 3.8) is 0 Å². The van der Waals surface area contributed by atoms with Crippen LogP contribution in [0.25, 0.3) is 0 Å². The van der Waals surface area contributed by atoms with Gasteiger partial charge in [0.05, 0.1) is 12.3 Å². The van der Waals surface area contributed by atoms with Gasteiger partial charge in [-0.05, 0) is 12.1 Å². The first-order valence-electron chi connectivity index (χ1n) is 3.66. The molecule has 0 bridgehead atoms. The predicted molar refractivity (Wildman–Crippen MR) is 45.6 cm³/mol. The molecule has 2 rings (SSSR count). The number of ether oxygens (including phenoxy) is 2. The van der Waals surface area contributed by atoms with Gasteiger partial charge in [-0.1, -0.05) is 0 Å². The topological polar surface area (TPSA) is 70.5 Å². The highest BCUT2D eigenvalue weighted by molar-refractivity contribution is 5.66. The van der Waals surface area contributed by atoms with Gasteiger partial charge in [0.2, 0.25) is 0 Å². The molecule has 12 heavy (non-hydrogen) atoms. The minimum atomic E-state index is 0.251. The summed E-state index contributed by atoms with van der Waals surface area (Å²) in [6.45, 7) is 0.729. The summed E-state index contributed by atoms with van der Waals surface area (Å²) in [5, 5.41) is 0. The lowest BCUT2D eigenvalue weighted by molar-refractivity contribution is -0.0153. The number of benzene rings is 1. The van der Waals surface area contributed by atoms with E-state index in [0.29, 0.717) is 23.7 Å². The van der Waals surface area contributed by atoms with E-state index in [-0.39, 0.29) is 6.79 Å². The average Bonchev–Trinajstić information content (AvgIpc) is 2.12. The first-order chi connectivity index (χ1) is 5.79. The van der Waals surface area contributed by atoms with E-state index in [1.165, 1.54) is 0 Å². The molecular weight excluding hydrogens is 156 g/mol. The standard InChI is InChI=1S/C8H10N2O2/c9-6-1-2-7(10)8-5(6)3-11-4-12-8/h1-2H,3-4,9-10H2. The first-order valence-corrected chi connectivity index (χ1v) is 3.66. The lowest BCUT2D eigenvalue weighted by Gasteiger charge is -2.20. The Balaban J connectivity index is 2.57. The molecule has 1 heterocycles. The number of fused-ring (bicyclic) bond motifs is 1. The molecule has 0 amide bonds. The van der Waals surface area contributed by atoms with Gasteiger partial charge in [-0.15, -0.1) is 0 Å². The van der Waals surface area contributed by atoms with E-state index < -0.39 is 0 Å². The van der Waals surface area contributed by atoms with Crippen LogP contribution >= 0.6 is 0 Å². The van der Waals surface area contributed by atoms with E-state index >= 15 is 0 Å². The van der Waals surface area contributed by atoms with Gasteiger partial charge in [-0.25, -0.2) is 0 Å². The van der Waals surface area contributed by atoms with Crippen LogP contribution in [-0.2, 0) is 11.3 Å². The summed E-state index contributed by atoms with van der Waals surface area (Å²) in [5.74, 6) is 0.668. The molecule has 0 radical (unpaired) electrons. The Kier molecular flexibility index (Phi) is 1.55. The summed E-state index contributed by atoms with van der Waals surface area (Å²) in [6, 6.07) is 3.49. The molecular formula is C8H10N2O2. The smallest absolute Gasteiger partial charge is 0.189 e. The average molecular weight is 166 g/mol. The summed E-state index contributed by atoms with van der Waals surface area (Å²) in [4.78, 5) is 0. The van der Waals surface area contributed by atoms with Crippen LogP contribution in [0, 0.1) is 0 Å². The molecule has 64 valence electrons. The van der Waals surface area contributed by atoms with Gasteiger partial charge in [-0.3, -0.25) is 0 Å². The Bertz CT molecular complexity index is 281. The minimum Gasteiger partial charge on any atom is -0.465 e. The van der Waals surface area contributed by atoms with Crippen LogP contribution in [0.5, 0.6) is 5.75 Å². The molecule has 4 nitrogen and oxygen atoms in total. The number of nitrogens with two attached hydrogens (primary N) is 2. The predicted octanol–water partition coefficient (Wildman–Crippen LogP) is 0.718. The summed E-state index contributed by atoms with van der Waals surface area (Å²) < 4.78 is 10.3. The third-order valence-electron chi connectivity index (χ3n) is 1.86. The zero-order valence-electron chi connectivity index (χ0n) is 6.54. The molecule has 4 N–H and O–H groups in total. The summed E-state index contributed by atoms with van der Waals surface area (Å²) in [5.41, 5.74) is 13.5. The number of hydrogen-bond acceptors (Lipinski definition) is 4. The van der Waals surface area contributed by atoms with Crippen LogP contribution in [0.1, 0.15) is 5.56 Å². The molecule has 0 spiro atoms. The maximum atomic E-state index is 5.69. The van der Waals surface area contributed by atoms with Gasteiger partial charge in [-0.2, -0.15) is 0 Å². The molecule has 4 heteroatoms. The highest BCUT2D eigenvalue weighted by atomic mass is 16.7. The highest BCUT2D eigenvalue weighted by Gasteiger charge is 2.15. The van der Waals surface area contributed by atoms with Gasteiger partial charge >= 0.3 is 0 Å². The zero-order chi connectivity index (χ0) is 8.55. The van der Waals surface area contributed by atoms with Crippen LogP contribution in [0.2, 0.25) is 0 Å². The van der Waals surface area contributed by atoms with E-state index in [2.05, 4.69) is 0 Å². The first kappa shape index (κ1) is 7.24. The Hall–Kier alpha value is -1.42. The fourth-order valence-electron chi connectivity index (χ4n) is 1.22. The Morgan fingerprint density at radius 3 is 2.67 bits per heavy atom. The minimum absolute atomic E-state index is 0.251. The summed E-state index contributed by atoms with van der Waals surface area (Å²) in [6.07, 6.45) is 0. The van der Waals surface area contributed by atoms with Gasteiger partial charge in [0, 0.05) is 11.3 Å². The molecule has 0 atom stereocenters. The number of rotatable bonds is 0. The number of anilines is 2. The Labute approximate surface area is 70.1 Å². The molecule has 0 aromatic heterocycles. The molecule has 1 aromatic rings. The van der Waals surface area contributed by atoms with Crippen LogP contribution < -0.4 is 16.2 Å². The van der Waals surface area contributed by atoms with Crippen molar-refractivity contribution in [1.82, 2.24) is 0 Å². The second kappa shape index (κ2) is 2.57.